The van der Waals surface area contributed by atoms with Crippen LogP contribution in [0.2, 0.25) is 0 Å². The predicted octanol–water partition coefficient (Wildman–Crippen LogP) is 6.23. The SMILES string of the molecule is O=C(Nc1ccc(Oc2ccnc(Nc3ccccc3)c2)c(F)c1)N1CCN(c2ccccc2)C1=O. The fourth-order valence-corrected chi connectivity index (χ4v) is 3.76. The molecule has 0 radical (unpaired) electrons. The summed E-state index contributed by atoms with van der Waals surface area (Å²) in [6.07, 6.45) is 1.55. The number of carbonyl (C=O) groups excluding carboxylic acids is 2. The van der Waals surface area contributed by atoms with Crippen molar-refractivity contribution in [2.45, 2.75) is 0 Å². The number of para-hydroxylation sites is 2. The highest BCUT2D eigenvalue weighted by Gasteiger charge is 2.34. The minimum atomic E-state index is -0.666. The van der Waals surface area contributed by atoms with Crippen LogP contribution in [0.4, 0.5) is 36.9 Å². The number of urea groups is 2. The predicted molar refractivity (Wildman–Crippen MR) is 135 cm³/mol. The Labute approximate surface area is 206 Å². The van der Waals surface area contributed by atoms with E-state index >= 15 is 0 Å². The third-order valence-corrected chi connectivity index (χ3v) is 5.51. The van der Waals surface area contributed by atoms with Gasteiger partial charge in [0.1, 0.15) is 11.6 Å². The molecule has 4 amide bonds. The maximum atomic E-state index is 14.8. The average molecular weight is 484 g/mol. The Kier molecular flexibility index (Phi) is 6.44. The van der Waals surface area contributed by atoms with E-state index in [-0.39, 0.29) is 18.0 Å². The van der Waals surface area contributed by atoms with E-state index in [0.29, 0.717) is 23.8 Å². The van der Waals surface area contributed by atoms with Crippen LogP contribution in [0.25, 0.3) is 0 Å². The molecule has 0 spiro atoms. The van der Waals surface area contributed by atoms with Crippen molar-refractivity contribution in [1.29, 1.82) is 0 Å². The lowest BCUT2D eigenvalue weighted by molar-refractivity contribution is 0.209. The summed E-state index contributed by atoms with van der Waals surface area (Å²) in [4.78, 5) is 32.2. The second kappa shape index (κ2) is 10.1. The molecule has 1 aliphatic rings. The summed E-state index contributed by atoms with van der Waals surface area (Å²) in [6, 6.07) is 24.9. The van der Waals surface area contributed by atoms with Gasteiger partial charge in [0.15, 0.2) is 11.6 Å². The fourth-order valence-electron chi connectivity index (χ4n) is 3.76. The topological polar surface area (TPSA) is 86.8 Å². The van der Waals surface area contributed by atoms with E-state index < -0.39 is 17.9 Å². The zero-order valence-corrected chi connectivity index (χ0v) is 19.1. The Balaban J connectivity index is 1.22. The van der Waals surface area contributed by atoms with Crippen molar-refractivity contribution < 1.29 is 18.7 Å². The molecule has 0 saturated carbocycles. The molecule has 2 N–H and O–H groups in total. The minimum absolute atomic E-state index is 0.0163. The molecule has 0 bridgehead atoms. The largest absolute Gasteiger partial charge is 0.454 e. The van der Waals surface area contributed by atoms with Gasteiger partial charge in [0.25, 0.3) is 0 Å². The van der Waals surface area contributed by atoms with Gasteiger partial charge in [-0.25, -0.2) is 23.9 Å². The van der Waals surface area contributed by atoms with Gasteiger partial charge in [-0.3, -0.25) is 4.90 Å². The summed E-state index contributed by atoms with van der Waals surface area (Å²) in [5.41, 5.74) is 1.78. The number of imide groups is 1. The van der Waals surface area contributed by atoms with Crippen LogP contribution >= 0.6 is 0 Å². The lowest BCUT2D eigenvalue weighted by atomic mass is 10.3. The van der Waals surface area contributed by atoms with E-state index in [1.165, 1.54) is 17.0 Å². The lowest BCUT2D eigenvalue weighted by Gasteiger charge is -2.18. The average Bonchev–Trinajstić information content (AvgIpc) is 3.28. The number of hydrogen-bond acceptors (Lipinski definition) is 5. The molecule has 36 heavy (non-hydrogen) atoms. The molecule has 8 nitrogen and oxygen atoms in total. The first-order valence-corrected chi connectivity index (χ1v) is 11.3. The maximum Gasteiger partial charge on any atom is 0.332 e. The number of hydrogen-bond donors (Lipinski definition) is 2. The molecule has 4 aromatic rings. The van der Waals surface area contributed by atoms with Crippen molar-refractivity contribution in [3.8, 4) is 11.5 Å². The quantitative estimate of drug-likeness (QED) is 0.339. The number of nitrogens with zero attached hydrogens (tertiary/aromatic N) is 3. The summed E-state index contributed by atoms with van der Waals surface area (Å²) in [5.74, 6) is 0.254. The number of rotatable bonds is 6. The molecular weight excluding hydrogens is 461 g/mol. The number of aromatic nitrogens is 1. The number of nitrogens with one attached hydrogen (secondary N) is 2. The summed E-state index contributed by atoms with van der Waals surface area (Å²) in [6.45, 7) is 0.606. The molecule has 180 valence electrons. The second-order valence-corrected chi connectivity index (χ2v) is 7.97. The van der Waals surface area contributed by atoms with Gasteiger partial charge in [-0.2, -0.15) is 0 Å². The van der Waals surface area contributed by atoms with Crippen molar-refractivity contribution in [1.82, 2.24) is 9.88 Å². The van der Waals surface area contributed by atoms with Gasteiger partial charge in [0, 0.05) is 41.9 Å². The second-order valence-electron chi connectivity index (χ2n) is 7.97. The maximum absolute atomic E-state index is 14.8. The highest BCUT2D eigenvalue weighted by Crippen LogP contribution is 2.29. The number of anilines is 4. The van der Waals surface area contributed by atoms with E-state index in [1.54, 1.807) is 30.5 Å². The normalized spacial score (nSPS) is 13.0. The third kappa shape index (κ3) is 5.10. The smallest absolute Gasteiger partial charge is 0.332 e. The molecule has 3 aromatic carbocycles. The first kappa shape index (κ1) is 22.9. The van der Waals surface area contributed by atoms with Crippen molar-refractivity contribution in [3.63, 3.8) is 0 Å². The number of pyridine rings is 1. The molecule has 1 saturated heterocycles. The fraction of sp³-hybridized carbons (Fsp3) is 0.0741. The van der Waals surface area contributed by atoms with Crippen LogP contribution in [0.15, 0.2) is 97.2 Å². The monoisotopic (exact) mass is 483 g/mol. The van der Waals surface area contributed by atoms with Gasteiger partial charge in [-0.05, 0) is 42.5 Å². The summed E-state index contributed by atoms with van der Waals surface area (Å²) in [7, 11) is 0. The first-order valence-electron chi connectivity index (χ1n) is 11.3. The zero-order valence-electron chi connectivity index (χ0n) is 19.1. The Morgan fingerprint density at radius 3 is 2.39 bits per heavy atom. The van der Waals surface area contributed by atoms with Gasteiger partial charge in [0.05, 0.1) is 6.54 Å². The number of ether oxygens (including phenoxy) is 1. The van der Waals surface area contributed by atoms with Crippen LogP contribution in [-0.2, 0) is 0 Å². The highest BCUT2D eigenvalue weighted by molar-refractivity contribution is 6.08. The zero-order chi connectivity index (χ0) is 24.9. The van der Waals surface area contributed by atoms with Crippen molar-refractivity contribution in [3.05, 3.63) is 103 Å². The summed E-state index contributed by atoms with van der Waals surface area (Å²) >= 11 is 0. The first-order chi connectivity index (χ1) is 17.6. The van der Waals surface area contributed by atoms with Gasteiger partial charge in [-0.1, -0.05) is 36.4 Å². The molecule has 1 aromatic heterocycles. The number of amides is 4. The van der Waals surface area contributed by atoms with Crippen LogP contribution in [-0.4, -0.2) is 35.0 Å². The number of halogens is 1. The van der Waals surface area contributed by atoms with Crippen molar-refractivity contribution in [2.24, 2.45) is 0 Å². The molecule has 1 fully saturated rings. The molecule has 5 rings (SSSR count). The minimum Gasteiger partial charge on any atom is -0.454 e. The van der Waals surface area contributed by atoms with E-state index in [0.717, 1.165) is 16.7 Å². The Bertz CT molecular complexity index is 1380. The molecule has 0 aliphatic carbocycles. The van der Waals surface area contributed by atoms with E-state index in [2.05, 4.69) is 15.6 Å². The van der Waals surface area contributed by atoms with Crippen LogP contribution < -0.4 is 20.3 Å². The molecule has 0 unspecified atom stereocenters. The van der Waals surface area contributed by atoms with Gasteiger partial charge in [0.2, 0.25) is 0 Å². The standard InChI is InChI=1S/C27H22FN5O3/c28-23-17-20(31-26(34)33-16-15-32(27(33)35)21-9-5-2-6-10-21)11-12-24(23)36-22-13-14-29-25(18-22)30-19-7-3-1-4-8-19/h1-14,17-18H,15-16H2,(H,29,30)(H,31,34). The molecule has 9 heteroatoms. The number of benzene rings is 3. The Morgan fingerprint density at radius 2 is 1.64 bits per heavy atom. The third-order valence-electron chi connectivity index (χ3n) is 5.51. The summed E-state index contributed by atoms with van der Waals surface area (Å²) in [5, 5.41) is 5.73. The lowest BCUT2D eigenvalue weighted by Crippen LogP contribution is -2.39. The van der Waals surface area contributed by atoms with Gasteiger partial charge < -0.3 is 15.4 Å². The van der Waals surface area contributed by atoms with Crippen LogP contribution in [0, 0.1) is 5.82 Å². The van der Waals surface area contributed by atoms with Crippen LogP contribution in [0.1, 0.15) is 0 Å². The molecule has 2 heterocycles. The number of carbonyl (C=O) groups is 2. The molecule has 0 atom stereocenters. The van der Waals surface area contributed by atoms with Crippen molar-refractivity contribution >= 4 is 34.9 Å². The van der Waals surface area contributed by atoms with Crippen LogP contribution in [0.5, 0.6) is 11.5 Å². The molecule has 1 aliphatic heterocycles. The molecular formula is C27H22FN5O3. The van der Waals surface area contributed by atoms with Gasteiger partial charge >= 0.3 is 12.1 Å². The van der Waals surface area contributed by atoms with Gasteiger partial charge in [-0.15, -0.1) is 0 Å². The van der Waals surface area contributed by atoms with E-state index in [9.17, 15) is 14.0 Å². The van der Waals surface area contributed by atoms with Crippen LogP contribution in [0.3, 0.4) is 0 Å². The highest BCUT2D eigenvalue weighted by atomic mass is 19.1. The van der Waals surface area contributed by atoms with Crippen molar-refractivity contribution in [2.75, 3.05) is 28.6 Å². The van der Waals surface area contributed by atoms with E-state index in [1.807, 2.05) is 48.5 Å². The van der Waals surface area contributed by atoms with E-state index in [4.69, 9.17) is 4.74 Å². The Hall–Kier alpha value is -4.92. The Morgan fingerprint density at radius 1 is 0.889 bits per heavy atom. The summed E-state index contributed by atoms with van der Waals surface area (Å²) < 4.78 is 20.5.